The Balaban J connectivity index is 3.94. The predicted octanol–water partition coefficient (Wildman–Crippen LogP) is 1.16. The summed E-state index contributed by atoms with van der Waals surface area (Å²) in [5.74, 6) is -0.0579. The number of aliphatic hydroxyl groups excluding tert-OH is 1. The van der Waals surface area contributed by atoms with E-state index in [1.807, 2.05) is 13.8 Å². The van der Waals surface area contributed by atoms with Crippen LogP contribution in [-0.4, -0.2) is 21.9 Å². The second-order valence-electron chi connectivity index (χ2n) is 3.42. The fraction of sp³-hybridized carbons (Fsp3) is 1.00. The molecule has 0 aliphatic heterocycles. The third-order valence-corrected chi connectivity index (χ3v) is 2.11. The minimum atomic E-state index is -0.768. The van der Waals surface area contributed by atoms with Crippen molar-refractivity contribution < 1.29 is 10.2 Å². The van der Waals surface area contributed by atoms with Crippen molar-refractivity contribution in [1.82, 2.24) is 0 Å². The summed E-state index contributed by atoms with van der Waals surface area (Å²) in [6.07, 6.45) is 0.311. The van der Waals surface area contributed by atoms with Crippen molar-refractivity contribution in [2.45, 2.75) is 45.8 Å². The Bertz CT molecular complexity index is 93.9. The average Bonchev–Trinajstić information content (AvgIpc) is 1.83. The van der Waals surface area contributed by atoms with Crippen molar-refractivity contribution in [3.63, 3.8) is 0 Å². The molecule has 0 rings (SSSR count). The van der Waals surface area contributed by atoms with Gasteiger partial charge < -0.3 is 10.2 Å². The number of hydrogen-bond donors (Lipinski definition) is 2. The van der Waals surface area contributed by atoms with Crippen LogP contribution in [0.3, 0.4) is 0 Å². The monoisotopic (exact) mass is 146 g/mol. The molecule has 0 bridgehead atoms. The van der Waals surface area contributed by atoms with Gasteiger partial charge in [0.15, 0.2) is 0 Å². The summed E-state index contributed by atoms with van der Waals surface area (Å²) in [6.45, 7) is 7.20. The number of rotatable bonds is 3. The van der Waals surface area contributed by atoms with E-state index in [-0.39, 0.29) is 12.0 Å². The molecule has 0 aliphatic carbocycles. The third-order valence-electron chi connectivity index (χ3n) is 2.11. The molecular formula is C8H18O2. The summed E-state index contributed by atoms with van der Waals surface area (Å²) in [7, 11) is 0. The zero-order valence-corrected chi connectivity index (χ0v) is 7.26. The van der Waals surface area contributed by atoms with Crippen molar-refractivity contribution in [2.75, 3.05) is 0 Å². The van der Waals surface area contributed by atoms with Gasteiger partial charge in [-0.3, -0.25) is 0 Å². The fourth-order valence-electron chi connectivity index (χ4n) is 0.824. The topological polar surface area (TPSA) is 40.5 Å². The molecule has 0 spiro atoms. The lowest BCUT2D eigenvalue weighted by molar-refractivity contribution is -0.0385. The van der Waals surface area contributed by atoms with Gasteiger partial charge in [0, 0.05) is 5.92 Å². The lowest BCUT2D eigenvalue weighted by Gasteiger charge is -2.29. The van der Waals surface area contributed by atoms with E-state index in [9.17, 15) is 10.2 Å². The zero-order valence-electron chi connectivity index (χ0n) is 7.26. The van der Waals surface area contributed by atoms with Crippen LogP contribution >= 0.6 is 0 Å². The molecule has 0 heterocycles. The quantitative estimate of drug-likeness (QED) is 0.627. The normalized spacial score (nSPS) is 18.6. The van der Waals surface area contributed by atoms with E-state index in [0.717, 1.165) is 0 Å². The van der Waals surface area contributed by atoms with Gasteiger partial charge in [0.2, 0.25) is 0 Å². The van der Waals surface area contributed by atoms with Gasteiger partial charge in [0.05, 0.1) is 11.7 Å². The molecule has 0 saturated carbocycles. The summed E-state index contributed by atoms with van der Waals surface area (Å²) in [4.78, 5) is 0. The van der Waals surface area contributed by atoms with Crippen LogP contribution in [0.25, 0.3) is 0 Å². The Morgan fingerprint density at radius 3 is 1.90 bits per heavy atom. The van der Waals surface area contributed by atoms with Crippen molar-refractivity contribution >= 4 is 0 Å². The standard InChI is InChI=1S/C8H18O2/c1-5-7(9)6(2)8(3,4)10/h6-7,9-10H,5H2,1-4H3/t6-,7-/m0/s1. The first-order valence-electron chi connectivity index (χ1n) is 3.80. The molecule has 2 N–H and O–H groups in total. The minimum absolute atomic E-state index is 0.0579. The first-order chi connectivity index (χ1) is 4.39. The molecule has 2 heteroatoms. The van der Waals surface area contributed by atoms with Gasteiger partial charge in [-0.25, -0.2) is 0 Å². The Kier molecular flexibility index (Phi) is 3.33. The van der Waals surface area contributed by atoms with Gasteiger partial charge in [-0.05, 0) is 20.3 Å². The van der Waals surface area contributed by atoms with Gasteiger partial charge >= 0.3 is 0 Å². The minimum Gasteiger partial charge on any atom is -0.393 e. The second-order valence-corrected chi connectivity index (χ2v) is 3.42. The highest BCUT2D eigenvalue weighted by molar-refractivity contribution is 4.78. The van der Waals surface area contributed by atoms with Crippen molar-refractivity contribution in [3.05, 3.63) is 0 Å². The van der Waals surface area contributed by atoms with Gasteiger partial charge in [-0.2, -0.15) is 0 Å². The zero-order chi connectivity index (χ0) is 8.36. The van der Waals surface area contributed by atoms with Gasteiger partial charge in [0.25, 0.3) is 0 Å². The van der Waals surface area contributed by atoms with Crippen LogP contribution in [0.1, 0.15) is 34.1 Å². The highest BCUT2D eigenvalue weighted by Crippen LogP contribution is 2.20. The van der Waals surface area contributed by atoms with Gasteiger partial charge in [-0.1, -0.05) is 13.8 Å². The largest absolute Gasteiger partial charge is 0.393 e. The van der Waals surface area contributed by atoms with Crippen LogP contribution in [0.15, 0.2) is 0 Å². The molecule has 0 radical (unpaired) electrons. The summed E-state index contributed by atoms with van der Waals surface area (Å²) in [5, 5.41) is 18.7. The maximum absolute atomic E-state index is 9.43. The van der Waals surface area contributed by atoms with Crippen LogP contribution in [0.4, 0.5) is 0 Å². The molecule has 0 aromatic heterocycles. The van der Waals surface area contributed by atoms with E-state index in [1.165, 1.54) is 0 Å². The van der Waals surface area contributed by atoms with E-state index < -0.39 is 5.60 Å². The number of hydrogen-bond acceptors (Lipinski definition) is 2. The molecule has 2 atom stereocenters. The smallest absolute Gasteiger partial charge is 0.0641 e. The van der Waals surface area contributed by atoms with E-state index >= 15 is 0 Å². The molecule has 0 aromatic carbocycles. The van der Waals surface area contributed by atoms with Crippen LogP contribution in [0.2, 0.25) is 0 Å². The Morgan fingerprint density at radius 2 is 1.80 bits per heavy atom. The predicted molar refractivity (Wildman–Crippen MR) is 41.8 cm³/mol. The Hall–Kier alpha value is -0.0800. The molecule has 0 fully saturated rings. The van der Waals surface area contributed by atoms with E-state index in [1.54, 1.807) is 13.8 Å². The summed E-state index contributed by atoms with van der Waals surface area (Å²) >= 11 is 0. The molecule has 0 unspecified atom stereocenters. The molecule has 10 heavy (non-hydrogen) atoms. The Morgan fingerprint density at radius 1 is 1.40 bits per heavy atom. The van der Waals surface area contributed by atoms with Crippen LogP contribution in [-0.2, 0) is 0 Å². The van der Waals surface area contributed by atoms with E-state index in [0.29, 0.717) is 6.42 Å². The molecule has 0 saturated heterocycles. The van der Waals surface area contributed by atoms with E-state index in [2.05, 4.69) is 0 Å². The van der Waals surface area contributed by atoms with E-state index in [4.69, 9.17) is 0 Å². The lowest BCUT2D eigenvalue weighted by Crippen LogP contribution is -2.36. The van der Waals surface area contributed by atoms with Crippen molar-refractivity contribution in [2.24, 2.45) is 5.92 Å². The molecule has 2 nitrogen and oxygen atoms in total. The van der Waals surface area contributed by atoms with Gasteiger partial charge in [0.1, 0.15) is 0 Å². The number of aliphatic hydroxyl groups is 2. The van der Waals surface area contributed by atoms with Crippen LogP contribution < -0.4 is 0 Å². The molecule has 0 amide bonds. The maximum Gasteiger partial charge on any atom is 0.0641 e. The molecule has 62 valence electrons. The maximum atomic E-state index is 9.43. The molecular weight excluding hydrogens is 128 g/mol. The van der Waals surface area contributed by atoms with Crippen LogP contribution in [0.5, 0.6) is 0 Å². The summed E-state index contributed by atoms with van der Waals surface area (Å²) in [5.41, 5.74) is -0.768. The van der Waals surface area contributed by atoms with Crippen molar-refractivity contribution in [3.8, 4) is 0 Å². The summed E-state index contributed by atoms with van der Waals surface area (Å²) in [6, 6.07) is 0. The first kappa shape index (κ1) is 9.92. The SMILES string of the molecule is CC[C@H](O)[C@H](C)C(C)(C)O. The average molecular weight is 146 g/mol. The summed E-state index contributed by atoms with van der Waals surface area (Å²) < 4.78 is 0. The third kappa shape index (κ3) is 2.67. The fourth-order valence-corrected chi connectivity index (χ4v) is 0.824. The molecule has 0 aliphatic rings. The Labute approximate surface area is 62.9 Å². The lowest BCUT2D eigenvalue weighted by atomic mass is 9.87. The van der Waals surface area contributed by atoms with Gasteiger partial charge in [-0.15, -0.1) is 0 Å². The highest BCUT2D eigenvalue weighted by Gasteiger charge is 2.27. The van der Waals surface area contributed by atoms with Crippen LogP contribution in [0, 0.1) is 5.92 Å². The first-order valence-corrected chi connectivity index (χ1v) is 3.80. The molecule has 0 aromatic rings. The second kappa shape index (κ2) is 3.35. The van der Waals surface area contributed by atoms with Crippen molar-refractivity contribution in [1.29, 1.82) is 0 Å². The highest BCUT2D eigenvalue weighted by atomic mass is 16.3.